The van der Waals surface area contributed by atoms with E-state index in [9.17, 15) is 4.79 Å². The first-order chi connectivity index (χ1) is 11.6. The summed E-state index contributed by atoms with van der Waals surface area (Å²) in [4.78, 5) is 18.9. The number of hydrogen-bond donors (Lipinski definition) is 1. The van der Waals surface area contributed by atoms with Crippen LogP contribution in [-0.2, 0) is 16.8 Å². The molecule has 0 bridgehead atoms. The van der Waals surface area contributed by atoms with E-state index in [1.807, 2.05) is 0 Å². The number of amides is 1. The van der Waals surface area contributed by atoms with E-state index in [1.54, 1.807) is 0 Å². The third kappa shape index (κ3) is 2.06. The van der Waals surface area contributed by atoms with E-state index in [4.69, 9.17) is 0 Å². The number of rotatable bonds is 2. The lowest BCUT2D eigenvalue weighted by atomic mass is 9.70. The number of nitrogens with zero attached hydrogens (tertiary/aromatic N) is 1. The third-order valence-electron chi connectivity index (χ3n) is 6.45. The van der Waals surface area contributed by atoms with Crippen LogP contribution in [0.15, 0.2) is 24.3 Å². The number of para-hydroxylation sites is 1. The van der Waals surface area contributed by atoms with Crippen LogP contribution in [0.4, 0.5) is 0 Å². The Bertz CT molecular complexity index is 777. The molecule has 2 aliphatic rings. The SMILES string of the molecule is CCC[C@H]1C[C@H](C)C(=O)N2CCCc3c([nH]c4ccccc34)[C@]12C. The Morgan fingerprint density at radius 3 is 2.92 bits per heavy atom. The van der Waals surface area contributed by atoms with Gasteiger partial charge in [-0.05, 0) is 50.2 Å². The average Bonchev–Trinajstić information content (AvgIpc) is 2.88. The highest BCUT2D eigenvalue weighted by Gasteiger charge is 2.51. The van der Waals surface area contributed by atoms with Crippen molar-refractivity contribution in [3.05, 3.63) is 35.5 Å². The zero-order valence-electron chi connectivity index (χ0n) is 15.1. The molecule has 3 nitrogen and oxygen atoms in total. The summed E-state index contributed by atoms with van der Waals surface area (Å²) in [5.41, 5.74) is 3.77. The fourth-order valence-electron chi connectivity index (χ4n) is 5.21. The van der Waals surface area contributed by atoms with Gasteiger partial charge < -0.3 is 9.88 Å². The number of aromatic nitrogens is 1. The zero-order chi connectivity index (χ0) is 16.9. The number of carbonyl (C=O) groups excluding carboxylic acids is 1. The number of aromatic amines is 1. The smallest absolute Gasteiger partial charge is 0.226 e. The summed E-state index contributed by atoms with van der Waals surface area (Å²) in [5, 5.41) is 1.34. The van der Waals surface area contributed by atoms with E-state index in [-0.39, 0.29) is 11.5 Å². The second-order valence-corrected chi connectivity index (χ2v) is 7.89. The van der Waals surface area contributed by atoms with Gasteiger partial charge in [0.25, 0.3) is 0 Å². The molecule has 2 aliphatic heterocycles. The molecule has 0 radical (unpaired) electrons. The van der Waals surface area contributed by atoms with E-state index in [1.165, 1.54) is 35.0 Å². The average molecular weight is 324 g/mol. The second-order valence-electron chi connectivity index (χ2n) is 7.89. The van der Waals surface area contributed by atoms with Crippen LogP contribution in [0.5, 0.6) is 0 Å². The topological polar surface area (TPSA) is 36.1 Å². The molecule has 2 aromatic rings. The first-order valence-electron chi connectivity index (χ1n) is 9.49. The summed E-state index contributed by atoms with van der Waals surface area (Å²) in [5.74, 6) is 1.03. The molecule has 1 amide bonds. The maximum atomic E-state index is 13.0. The first-order valence-corrected chi connectivity index (χ1v) is 9.49. The largest absolute Gasteiger partial charge is 0.356 e. The van der Waals surface area contributed by atoms with Crippen LogP contribution < -0.4 is 0 Å². The van der Waals surface area contributed by atoms with Gasteiger partial charge in [0.2, 0.25) is 5.91 Å². The van der Waals surface area contributed by atoms with Gasteiger partial charge in [0.15, 0.2) is 0 Å². The first kappa shape index (κ1) is 15.7. The van der Waals surface area contributed by atoms with E-state index in [0.717, 1.165) is 25.8 Å². The highest BCUT2D eigenvalue weighted by Crippen LogP contribution is 2.49. The van der Waals surface area contributed by atoms with Gasteiger partial charge in [-0.15, -0.1) is 0 Å². The summed E-state index contributed by atoms with van der Waals surface area (Å²) in [7, 11) is 0. The van der Waals surface area contributed by atoms with Crippen molar-refractivity contribution in [1.82, 2.24) is 9.88 Å². The van der Waals surface area contributed by atoms with Gasteiger partial charge in [-0.2, -0.15) is 0 Å². The van der Waals surface area contributed by atoms with E-state index < -0.39 is 0 Å². The molecular formula is C21H28N2O. The van der Waals surface area contributed by atoms with Gasteiger partial charge in [-0.3, -0.25) is 4.79 Å². The standard InChI is InChI=1S/C21H28N2O/c1-4-8-15-13-14(2)20(24)23-12-7-10-17-16-9-5-6-11-18(16)22-19(17)21(15,23)3/h5-6,9,11,14-15,22H,4,7-8,10,12-13H2,1-3H3/t14-,15-,21-/m0/s1. The van der Waals surface area contributed by atoms with Crippen molar-refractivity contribution in [2.45, 2.75) is 58.4 Å². The Morgan fingerprint density at radius 2 is 2.12 bits per heavy atom. The predicted octanol–water partition coefficient (Wildman–Crippen LogP) is 4.61. The molecular weight excluding hydrogens is 296 g/mol. The summed E-state index contributed by atoms with van der Waals surface area (Å²) in [6, 6.07) is 8.61. The monoisotopic (exact) mass is 324 g/mol. The summed E-state index contributed by atoms with van der Waals surface area (Å²) >= 11 is 0. The number of fused-ring (bicyclic) bond motifs is 5. The summed E-state index contributed by atoms with van der Waals surface area (Å²) in [6.45, 7) is 7.58. The molecule has 1 fully saturated rings. The Labute approximate surface area is 144 Å². The number of piperidine rings is 1. The Hall–Kier alpha value is -1.77. The van der Waals surface area contributed by atoms with Crippen molar-refractivity contribution < 1.29 is 4.79 Å². The minimum absolute atomic E-state index is 0.153. The van der Waals surface area contributed by atoms with Gasteiger partial charge in [0, 0.05) is 29.1 Å². The number of carbonyl (C=O) groups is 1. The Kier molecular flexibility index (Phi) is 3.70. The van der Waals surface area contributed by atoms with Crippen molar-refractivity contribution in [2.24, 2.45) is 11.8 Å². The highest BCUT2D eigenvalue weighted by atomic mass is 16.2. The number of nitrogens with one attached hydrogen (secondary N) is 1. The molecule has 3 heterocycles. The van der Waals surface area contributed by atoms with Gasteiger partial charge in [0.1, 0.15) is 0 Å². The second kappa shape index (κ2) is 5.65. The van der Waals surface area contributed by atoms with Crippen molar-refractivity contribution in [2.75, 3.05) is 6.54 Å². The van der Waals surface area contributed by atoms with Gasteiger partial charge in [-0.25, -0.2) is 0 Å². The number of H-pyrrole nitrogens is 1. The van der Waals surface area contributed by atoms with Crippen LogP contribution in [0.2, 0.25) is 0 Å². The normalized spacial score (nSPS) is 30.1. The molecule has 1 saturated heterocycles. The predicted molar refractivity (Wildman–Crippen MR) is 97.9 cm³/mol. The van der Waals surface area contributed by atoms with Gasteiger partial charge >= 0.3 is 0 Å². The lowest BCUT2D eigenvalue weighted by molar-refractivity contribution is -0.152. The van der Waals surface area contributed by atoms with Crippen LogP contribution in [0, 0.1) is 11.8 Å². The maximum Gasteiger partial charge on any atom is 0.226 e. The number of benzene rings is 1. The van der Waals surface area contributed by atoms with E-state index in [0.29, 0.717) is 11.8 Å². The molecule has 1 N–H and O–H groups in total. The quantitative estimate of drug-likeness (QED) is 0.860. The van der Waals surface area contributed by atoms with Crippen molar-refractivity contribution in [1.29, 1.82) is 0 Å². The minimum Gasteiger partial charge on any atom is -0.356 e. The molecule has 0 aliphatic carbocycles. The lowest BCUT2D eigenvalue weighted by Gasteiger charge is -2.51. The van der Waals surface area contributed by atoms with E-state index in [2.05, 4.69) is 54.9 Å². The third-order valence-corrected chi connectivity index (χ3v) is 6.45. The molecule has 4 rings (SSSR count). The van der Waals surface area contributed by atoms with Crippen molar-refractivity contribution in [3.8, 4) is 0 Å². The molecule has 128 valence electrons. The Morgan fingerprint density at radius 1 is 1.33 bits per heavy atom. The summed E-state index contributed by atoms with van der Waals surface area (Å²) in [6.07, 6.45) is 5.48. The van der Waals surface area contributed by atoms with Crippen LogP contribution in [0.25, 0.3) is 10.9 Å². The molecule has 0 spiro atoms. The van der Waals surface area contributed by atoms with Crippen molar-refractivity contribution >= 4 is 16.8 Å². The maximum absolute atomic E-state index is 13.0. The molecule has 1 aromatic heterocycles. The molecule has 0 unspecified atom stereocenters. The van der Waals surface area contributed by atoms with Crippen LogP contribution in [0.3, 0.4) is 0 Å². The van der Waals surface area contributed by atoms with Crippen LogP contribution in [-0.4, -0.2) is 22.3 Å². The number of aryl methyl sites for hydroxylation is 1. The number of hydrogen-bond acceptors (Lipinski definition) is 1. The van der Waals surface area contributed by atoms with E-state index >= 15 is 0 Å². The van der Waals surface area contributed by atoms with Gasteiger partial charge in [-0.1, -0.05) is 38.5 Å². The fourth-order valence-corrected chi connectivity index (χ4v) is 5.21. The van der Waals surface area contributed by atoms with Crippen LogP contribution in [0.1, 0.15) is 57.7 Å². The fraction of sp³-hybridized carbons (Fsp3) is 0.571. The minimum atomic E-state index is -0.190. The lowest BCUT2D eigenvalue weighted by Crippen LogP contribution is -2.58. The molecule has 0 saturated carbocycles. The molecule has 3 atom stereocenters. The zero-order valence-corrected chi connectivity index (χ0v) is 15.1. The van der Waals surface area contributed by atoms with Gasteiger partial charge in [0.05, 0.1) is 5.54 Å². The summed E-state index contributed by atoms with van der Waals surface area (Å²) < 4.78 is 0. The van der Waals surface area contributed by atoms with Crippen LogP contribution >= 0.6 is 0 Å². The molecule has 3 heteroatoms. The molecule has 24 heavy (non-hydrogen) atoms. The van der Waals surface area contributed by atoms with Crippen molar-refractivity contribution in [3.63, 3.8) is 0 Å². The highest BCUT2D eigenvalue weighted by molar-refractivity contribution is 5.87. The Balaban J connectivity index is 1.94. The molecule has 1 aromatic carbocycles.